The van der Waals surface area contributed by atoms with Crippen LogP contribution in [0.3, 0.4) is 0 Å². The Kier molecular flexibility index (Phi) is 26.1. The van der Waals surface area contributed by atoms with Crippen LogP contribution >= 0.6 is 22.6 Å². The molecule has 3 aliphatic rings. The monoisotopic (exact) mass is 1300 g/mol. The number of ether oxygens (including phenoxy) is 1. The second-order valence-electron chi connectivity index (χ2n) is 21.9. The SMILES string of the molecule is CCCN(CCI)C(=O)C1=Cc2ccc(C(=O)Nc3ccc(N4CCC(C(=O)NCCNC(=O)OCc5ccc(NC(=O)C(CCCNC(N)=O)NC(=O)C(NC(=O)CCCCCN6C(=O)CC(C)C6=O)C(C)C)cc5)CC4)nc3)cc2N=C(N)C1. The zero-order valence-corrected chi connectivity index (χ0v) is 51.5. The molecule has 3 aliphatic heterocycles. The largest absolute Gasteiger partial charge is 0.445 e. The van der Waals surface area contributed by atoms with E-state index >= 15 is 0 Å². The lowest BCUT2D eigenvalue weighted by atomic mass is 9.96. The summed E-state index contributed by atoms with van der Waals surface area (Å²) in [5, 5.41) is 19.2. The molecule has 11 amide bonds. The first-order valence-corrected chi connectivity index (χ1v) is 30.9. The third-order valence-electron chi connectivity index (χ3n) is 14.8. The Hall–Kier alpha value is -8.17. The van der Waals surface area contributed by atoms with Gasteiger partial charge in [-0.05, 0) is 98.9 Å². The number of primary amides is 1. The zero-order valence-electron chi connectivity index (χ0n) is 49.3. The maximum absolute atomic E-state index is 13.6. The van der Waals surface area contributed by atoms with Crippen LogP contribution in [0.5, 0.6) is 0 Å². The van der Waals surface area contributed by atoms with Crippen molar-refractivity contribution < 1.29 is 52.7 Å². The number of alkyl halides is 1. The van der Waals surface area contributed by atoms with Gasteiger partial charge in [0.1, 0.15) is 30.3 Å². The molecule has 464 valence electrons. The van der Waals surface area contributed by atoms with Crippen molar-refractivity contribution >= 4 is 117 Å². The van der Waals surface area contributed by atoms with Crippen LogP contribution in [0.15, 0.2) is 71.4 Å². The first-order chi connectivity index (χ1) is 41.2. The van der Waals surface area contributed by atoms with E-state index in [0.717, 1.165) is 10.8 Å². The molecule has 3 aromatic rings. The highest BCUT2D eigenvalue weighted by Gasteiger charge is 2.35. The van der Waals surface area contributed by atoms with Crippen molar-refractivity contribution in [2.24, 2.45) is 34.2 Å². The first kappa shape index (κ1) is 67.0. The molecule has 0 spiro atoms. The van der Waals surface area contributed by atoms with Gasteiger partial charge in [0.2, 0.25) is 41.4 Å². The number of piperidine rings is 1. The molecule has 0 saturated carbocycles. The molecular weight excluding hydrogens is 1220 g/mol. The summed E-state index contributed by atoms with van der Waals surface area (Å²) in [6, 6.07) is 12.5. The molecule has 1 aromatic heterocycles. The lowest BCUT2D eigenvalue weighted by Crippen LogP contribution is -2.54. The number of halogens is 1. The minimum absolute atomic E-state index is 0.0691. The number of aliphatic imine (C=N–C) groups is 1. The Labute approximate surface area is 514 Å². The van der Waals surface area contributed by atoms with Gasteiger partial charge in [-0.25, -0.2) is 19.6 Å². The van der Waals surface area contributed by atoms with E-state index in [1.807, 2.05) is 17.9 Å². The van der Waals surface area contributed by atoms with Gasteiger partial charge in [0.15, 0.2) is 0 Å². The molecule has 3 atom stereocenters. The van der Waals surface area contributed by atoms with Crippen molar-refractivity contribution in [2.75, 3.05) is 72.3 Å². The van der Waals surface area contributed by atoms with E-state index in [9.17, 15) is 47.9 Å². The highest BCUT2D eigenvalue weighted by Crippen LogP contribution is 2.30. The molecule has 4 heterocycles. The van der Waals surface area contributed by atoms with E-state index < -0.39 is 36.0 Å². The number of amides is 11. The first-order valence-electron chi connectivity index (χ1n) is 29.3. The number of pyridine rings is 1. The smallest absolute Gasteiger partial charge is 0.407 e. The third-order valence-corrected chi connectivity index (χ3v) is 15.3. The number of hydrogen-bond donors (Lipinski definition) is 9. The Bertz CT molecular complexity index is 2960. The summed E-state index contributed by atoms with van der Waals surface area (Å²) in [6.45, 7) is 10.4. The average molecular weight is 1300 g/mol. The number of fused-ring (bicyclic) bond motifs is 1. The number of rotatable bonds is 30. The second kappa shape index (κ2) is 33.5. The predicted molar refractivity (Wildman–Crippen MR) is 334 cm³/mol. The Balaban J connectivity index is 0.874. The molecular formula is C60H81IN14O11. The number of aromatic nitrogens is 1. The number of likely N-dealkylation sites (tertiary alicyclic amines) is 1. The van der Waals surface area contributed by atoms with Gasteiger partial charge in [-0.1, -0.05) is 74.9 Å². The molecule has 0 bridgehead atoms. The lowest BCUT2D eigenvalue weighted by molar-refractivity contribution is -0.139. The molecule has 86 heavy (non-hydrogen) atoms. The summed E-state index contributed by atoms with van der Waals surface area (Å²) >= 11 is 2.26. The number of carbonyl (C=O) groups is 10. The standard InChI is InChI=1S/C60H81IN14O11/c1-5-26-74(30-22-61)58(83)43-32-41-14-15-42(33-47(41)70-48(62)34-43)54(79)69-45-18-19-49(67-35-45)73-28-20-40(21-29-73)53(78)64-24-25-66-60(85)86-36-39-12-16-44(17-13-39)68-55(80)46(10-9-23-65-59(63)84)71-56(81)52(37(2)3)72-50(76)11-7-6-8-27-75-51(77)31-38(4)57(75)82/h12-19,32-33,35,37-38,40,46,52H,5-11,20-31,34,36H2,1-4H3,(H2,62,70)(H,64,78)(H,66,85)(H,68,80)(H,69,79)(H,71,81)(H,72,76)(H3,63,65,84). The summed E-state index contributed by atoms with van der Waals surface area (Å²) < 4.78 is 6.18. The topological polar surface area (TPSA) is 351 Å². The van der Waals surface area contributed by atoms with Crippen molar-refractivity contribution in [2.45, 2.75) is 117 Å². The lowest BCUT2D eigenvalue weighted by Gasteiger charge is -2.32. The Morgan fingerprint density at radius 3 is 2.23 bits per heavy atom. The molecule has 2 fully saturated rings. The summed E-state index contributed by atoms with van der Waals surface area (Å²) in [7, 11) is 0. The number of nitrogens with one attached hydrogen (secondary N) is 7. The van der Waals surface area contributed by atoms with Gasteiger partial charge in [0.25, 0.3) is 5.91 Å². The Morgan fingerprint density at radius 2 is 1.57 bits per heavy atom. The fraction of sp³-hybridized carbons (Fsp3) is 0.500. The third kappa shape index (κ3) is 20.5. The number of carbonyl (C=O) groups excluding carboxylic acids is 10. The fourth-order valence-electron chi connectivity index (χ4n) is 10.0. The molecule has 26 heteroatoms. The van der Waals surface area contributed by atoms with Crippen molar-refractivity contribution in [3.63, 3.8) is 0 Å². The summed E-state index contributed by atoms with van der Waals surface area (Å²) in [5.74, 6) is -2.28. The molecule has 2 aromatic carbocycles. The van der Waals surface area contributed by atoms with Crippen LogP contribution in [0.4, 0.5) is 32.5 Å². The molecule has 2 saturated heterocycles. The molecule has 11 N–H and O–H groups in total. The normalized spacial score (nSPS) is 15.7. The van der Waals surface area contributed by atoms with Gasteiger partial charge in [-0.3, -0.25) is 43.3 Å². The Morgan fingerprint density at radius 1 is 0.837 bits per heavy atom. The number of unbranched alkanes of at least 4 members (excludes halogenated alkanes) is 2. The fourth-order valence-corrected chi connectivity index (χ4v) is 10.6. The summed E-state index contributed by atoms with van der Waals surface area (Å²) in [4.78, 5) is 142. The molecule has 6 rings (SSSR count). The van der Waals surface area contributed by atoms with Crippen LogP contribution < -0.4 is 53.6 Å². The van der Waals surface area contributed by atoms with E-state index in [1.165, 1.54) is 4.90 Å². The molecule has 25 nitrogen and oxygen atoms in total. The highest BCUT2D eigenvalue weighted by molar-refractivity contribution is 14.1. The van der Waals surface area contributed by atoms with Crippen LogP contribution in [-0.4, -0.2) is 149 Å². The maximum Gasteiger partial charge on any atom is 0.407 e. The quantitative estimate of drug-likeness (QED) is 0.0183. The van der Waals surface area contributed by atoms with E-state index in [2.05, 4.69) is 74.7 Å². The molecule has 0 radical (unpaired) electrons. The van der Waals surface area contributed by atoms with E-state index in [-0.39, 0.29) is 117 Å². The second-order valence-corrected chi connectivity index (χ2v) is 23.0. The van der Waals surface area contributed by atoms with Crippen LogP contribution in [0.25, 0.3) is 6.08 Å². The van der Waals surface area contributed by atoms with E-state index in [4.69, 9.17) is 16.2 Å². The van der Waals surface area contributed by atoms with Gasteiger partial charge in [0.05, 0.1) is 17.6 Å². The van der Waals surface area contributed by atoms with Gasteiger partial charge >= 0.3 is 12.1 Å². The van der Waals surface area contributed by atoms with E-state index in [0.29, 0.717) is 110 Å². The molecule has 0 aliphatic carbocycles. The number of amidine groups is 1. The zero-order chi connectivity index (χ0) is 62.3. The number of nitrogens with zero attached hydrogens (tertiary/aromatic N) is 5. The maximum atomic E-state index is 13.6. The number of alkyl carbamates (subject to hydrolysis) is 1. The summed E-state index contributed by atoms with van der Waals surface area (Å²) in [5.41, 5.74) is 15.1. The van der Waals surface area contributed by atoms with Crippen molar-refractivity contribution in [3.8, 4) is 0 Å². The number of nitrogens with two attached hydrogens (primary N) is 2. The van der Waals surface area contributed by atoms with Crippen molar-refractivity contribution in [3.05, 3.63) is 83.1 Å². The van der Waals surface area contributed by atoms with Crippen molar-refractivity contribution in [1.82, 2.24) is 41.4 Å². The number of hydrogen-bond acceptors (Lipinski definition) is 15. The average Bonchev–Trinajstić information content (AvgIpc) is 3.43. The molecule has 3 unspecified atom stereocenters. The number of imide groups is 1. The van der Waals surface area contributed by atoms with Gasteiger partial charge in [-0.15, -0.1) is 0 Å². The van der Waals surface area contributed by atoms with Gasteiger partial charge < -0.3 is 63.2 Å². The van der Waals surface area contributed by atoms with Gasteiger partial charge in [-0.2, -0.15) is 0 Å². The van der Waals surface area contributed by atoms with Crippen LogP contribution in [0, 0.1) is 17.8 Å². The van der Waals surface area contributed by atoms with Crippen LogP contribution in [-0.2, 0) is 44.9 Å². The minimum atomic E-state index is -1.06. The minimum Gasteiger partial charge on any atom is -0.445 e. The highest BCUT2D eigenvalue weighted by atomic mass is 127. The predicted octanol–water partition coefficient (Wildman–Crippen LogP) is 5.01. The van der Waals surface area contributed by atoms with Crippen LogP contribution in [0.2, 0.25) is 0 Å². The van der Waals surface area contributed by atoms with Crippen LogP contribution in [0.1, 0.15) is 120 Å². The summed E-state index contributed by atoms with van der Waals surface area (Å²) in [6.07, 6.45) is 7.29. The number of anilines is 3. The van der Waals surface area contributed by atoms with E-state index in [1.54, 1.807) is 81.6 Å². The van der Waals surface area contributed by atoms with Gasteiger partial charge in [0, 0.05) is 110 Å². The van der Waals surface area contributed by atoms with Crippen molar-refractivity contribution in [1.29, 1.82) is 0 Å². The number of benzene rings is 2. The number of urea groups is 1.